The molecule has 5 nitrogen and oxygen atoms in total. The third-order valence-corrected chi connectivity index (χ3v) is 1.35. The number of aryl methyl sites for hydroxylation is 1. The number of carbonyl (C=O) groups excluding carboxylic acids is 1. The third-order valence-electron chi connectivity index (χ3n) is 1.35. The predicted molar refractivity (Wildman–Crippen MR) is 41.6 cm³/mol. The Morgan fingerprint density at radius 2 is 2.42 bits per heavy atom. The fourth-order valence-corrected chi connectivity index (χ4v) is 0.671. The minimum atomic E-state index is -0.293. The van der Waals surface area contributed by atoms with E-state index in [1.807, 2.05) is 6.92 Å². The highest BCUT2D eigenvalue weighted by Gasteiger charge is 2.04. The number of nitrogens with zero attached hydrogens (tertiary/aromatic N) is 3. The zero-order chi connectivity index (χ0) is 8.97. The summed E-state index contributed by atoms with van der Waals surface area (Å²) in [7, 11) is 0. The lowest BCUT2D eigenvalue weighted by Gasteiger charge is -1.94. The van der Waals surface area contributed by atoms with Crippen LogP contribution in [0.1, 0.15) is 20.3 Å². The van der Waals surface area contributed by atoms with Gasteiger partial charge >= 0.3 is 5.97 Å². The van der Waals surface area contributed by atoms with Crippen LogP contribution in [0.5, 0.6) is 5.88 Å². The fraction of sp³-hybridized carbons (Fsp3) is 0.571. The van der Waals surface area contributed by atoms with Gasteiger partial charge in [-0.2, -0.15) is 0 Å². The molecule has 0 fully saturated rings. The smallest absolute Gasteiger partial charge is 0.312 e. The van der Waals surface area contributed by atoms with Gasteiger partial charge < -0.3 is 4.74 Å². The van der Waals surface area contributed by atoms with Gasteiger partial charge in [-0.1, -0.05) is 17.2 Å². The van der Waals surface area contributed by atoms with Crippen molar-refractivity contribution in [2.75, 3.05) is 0 Å². The first-order chi connectivity index (χ1) is 5.76. The molecule has 0 aliphatic heterocycles. The summed E-state index contributed by atoms with van der Waals surface area (Å²) in [6, 6.07) is 0. The van der Waals surface area contributed by atoms with Gasteiger partial charge in [-0.3, -0.25) is 4.79 Å². The fourth-order valence-electron chi connectivity index (χ4n) is 0.671. The number of carbonyl (C=O) groups is 1. The summed E-state index contributed by atoms with van der Waals surface area (Å²) in [6.07, 6.45) is 1.94. The Labute approximate surface area is 70.3 Å². The van der Waals surface area contributed by atoms with Crippen molar-refractivity contribution in [2.45, 2.75) is 26.8 Å². The summed E-state index contributed by atoms with van der Waals surface area (Å²) in [6.45, 7) is 4.38. The van der Waals surface area contributed by atoms with Gasteiger partial charge in [0.2, 0.25) is 0 Å². The summed E-state index contributed by atoms with van der Waals surface area (Å²) in [5, 5.41) is 7.36. The maximum Gasteiger partial charge on any atom is 0.312 e. The molecule has 0 atom stereocenters. The van der Waals surface area contributed by atoms with Crippen molar-refractivity contribution >= 4 is 5.97 Å². The third kappa shape index (κ3) is 2.05. The number of aromatic nitrogens is 3. The van der Waals surface area contributed by atoms with Crippen LogP contribution >= 0.6 is 0 Å². The molecule has 1 heterocycles. The molecule has 0 unspecified atom stereocenters. The first kappa shape index (κ1) is 8.70. The molecule has 0 amide bonds. The SMILES string of the molecule is CCC(=O)Oc1cn(CC)nn1. The summed E-state index contributed by atoms with van der Waals surface area (Å²) in [5.41, 5.74) is 0. The molecule has 12 heavy (non-hydrogen) atoms. The van der Waals surface area contributed by atoms with Crippen molar-refractivity contribution in [3.05, 3.63) is 6.20 Å². The molecule has 0 aliphatic carbocycles. The Kier molecular flexibility index (Phi) is 2.79. The van der Waals surface area contributed by atoms with Gasteiger partial charge in [0.15, 0.2) is 0 Å². The number of ether oxygens (including phenoxy) is 1. The van der Waals surface area contributed by atoms with Gasteiger partial charge in [-0.05, 0) is 6.92 Å². The number of rotatable bonds is 3. The maximum absolute atomic E-state index is 10.8. The predicted octanol–water partition coefficient (Wildman–Crippen LogP) is 0.613. The van der Waals surface area contributed by atoms with Crippen LogP contribution in [0.2, 0.25) is 0 Å². The second-order valence-corrected chi connectivity index (χ2v) is 2.24. The van der Waals surface area contributed by atoms with Gasteiger partial charge in [-0.25, -0.2) is 4.68 Å². The van der Waals surface area contributed by atoms with E-state index in [4.69, 9.17) is 4.74 Å². The van der Waals surface area contributed by atoms with Crippen LogP contribution in [0.4, 0.5) is 0 Å². The van der Waals surface area contributed by atoms with Crippen molar-refractivity contribution in [1.29, 1.82) is 0 Å². The standard InChI is InChI=1S/C7H11N3O2/c1-3-7(11)12-6-5-10(4-2)9-8-6/h5H,3-4H2,1-2H3. The first-order valence-corrected chi connectivity index (χ1v) is 3.87. The van der Waals surface area contributed by atoms with Crippen LogP contribution < -0.4 is 4.74 Å². The van der Waals surface area contributed by atoms with Gasteiger partial charge in [0.1, 0.15) is 0 Å². The average molecular weight is 169 g/mol. The highest BCUT2D eigenvalue weighted by Crippen LogP contribution is 2.03. The van der Waals surface area contributed by atoms with E-state index in [0.29, 0.717) is 6.42 Å². The monoisotopic (exact) mass is 169 g/mol. The van der Waals surface area contributed by atoms with E-state index in [2.05, 4.69) is 10.3 Å². The van der Waals surface area contributed by atoms with Crippen LogP contribution in [-0.4, -0.2) is 21.0 Å². The van der Waals surface area contributed by atoms with Crippen LogP contribution in [0, 0.1) is 0 Å². The molecule has 0 aromatic carbocycles. The molecule has 1 aromatic rings. The Bertz CT molecular complexity index is 269. The largest absolute Gasteiger partial charge is 0.404 e. The minimum absolute atomic E-state index is 0.267. The molecule has 0 bridgehead atoms. The van der Waals surface area contributed by atoms with Crippen molar-refractivity contribution in [2.24, 2.45) is 0 Å². The summed E-state index contributed by atoms with van der Waals surface area (Å²) in [4.78, 5) is 10.8. The second-order valence-electron chi connectivity index (χ2n) is 2.24. The summed E-state index contributed by atoms with van der Waals surface area (Å²) < 4.78 is 6.41. The lowest BCUT2D eigenvalue weighted by molar-refractivity contribution is -0.134. The Morgan fingerprint density at radius 3 is 2.92 bits per heavy atom. The topological polar surface area (TPSA) is 57.0 Å². The van der Waals surface area contributed by atoms with E-state index in [-0.39, 0.29) is 11.8 Å². The van der Waals surface area contributed by atoms with E-state index in [1.165, 1.54) is 0 Å². The summed E-state index contributed by atoms with van der Waals surface area (Å²) >= 11 is 0. The average Bonchev–Trinajstić information content (AvgIpc) is 2.52. The normalized spacial score (nSPS) is 9.83. The molecular formula is C7H11N3O2. The molecule has 1 aromatic heterocycles. The Balaban J connectivity index is 2.58. The maximum atomic E-state index is 10.8. The Hall–Kier alpha value is -1.39. The van der Waals surface area contributed by atoms with E-state index in [0.717, 1.165) is 6.54 Å². The number of hydrogen-bond donors (Lipinski definition) is 0. The van der Waals surface area contributed by atoms with Gasteiger partial charge in [0.05, 0.1) is 6.20 Å². The lowest BCUT2D eigenvalue weighted by atomic mass is 10.5. The van der Waals surface area contributed by atoms with Crippen molar-refractivity contribution in [3.8, 4) is 5.88 Å². The molecule has 0 saturated carbocycles. The van der Waals surface area contributed by atoms with E-state index in [9.17, 15) is 4.79 Å². The zero-order valence-electron chi connectivity index (χ0n) is 7.15. The molecule has 5 heteroatoms. The highest BCUT2D eigenvalue weighted by molar-refractivity contribution is 5.71. The van der Waals surface area contributed by atoms with E-state index < -0.39 is 0 Å². The van der Waals surface area contributed by atoms with Crippen LogP contribution in [0.25, 0.3) is 0 Å². The molecule has 66 valence electrons. The van der Waals surface area contributed by atoms with Crippen LogP contribution in [-0.2, 0) is 11.3 Å². The van der Waals surface area contributed by atoms with Crippen molar-refractivity contribution in [3.63, 3.8) is 0 Å². The van der Waals surface area contributed by atoms with E-state index >= 15 is 0 Å². The number of hydrogen-bond acceptors (Lipinski definition) is 4. The van der Waals surface area contributed by atoms with Crippen molar-refractivity contribution in [1.82, 2.24) is 15.0 Å². The molecule has 0 aliphatic rings. The quantitative estimate of drug-likeness (QED) is 0.622. The lowest BCUT2D eigenvalue weighted by Crippen LogP contribution is -2.05. The molecule has 0 radical (unpaired) electrons. The zero-order valence-corrected chi connectivity index (χ0v) is 7.15. The first-order valence-electron chi connectivity index (χ1n) is 3.87. The molecule has 0 N–H and O–H groups in total. The van der Waals surface area contributed by atoms with E-state index in [1.54, 1.807) is 17.8 Å². The van der Waals surface area contributed by atoms with Crippen molar-refractivity contribution < 1.29 is 9.53 Å². The van der Waals surface area contributed by atoms with Gasteiger partial charge in [0, 0.05) is 13.0 Å². The Morgan fingerprint density at radius 1 is 1.67 bits per heavy atom. The molecule has 0 spiro atoms. The molecule has 0 saturated heterocycles. The van der Waals surface area contributed by atoms with Gasteiger partial charge in [0.25, 0.3) is 5.88 Å². The molecular weight excluding hydrogens is 158 g/mol. The summed E-state index contributed by atoms with van der Waals surface area (Å²) in [5.74, 6) is -0.0261. The second kappa shape index (κ2) is 3.85. The molecule has 1 rings (SSSR count). The van der Waals surface area contributed by atoms with Crippen LogP contribution in [0.15, 0.2) is 6.20 Å². The minimum Gasteiger partial charge on any atom is -0.404 e. The number of esters is 1. The highest BCUT2D eigenvalue weighted by atomic mass is 16.5. The van der Waals surface area contributed by atoms with Gasteiger partial charge in [-0.15, -0.1) is 0 Å². The van der Waals surface area contributed by atoms with Crippen LogP contribution in [0.3, 0.4) is 0 Å².